The maximum atomic E-state index is 12.2. The molecule has 0 unspecified atom stereocenters. The van der Waals surface area contributed by atoms with Crippen molar-refractivity contribution in [3.63, 3.8) is 0 Å². The fourth-order valence-electron chi connectivity index (χ4n) is 2.25. The molecule has 1 aromatic carbocycles. The molecule has 2 heteroatoms. The molecule has 0 bridgehead atoms. The van der Waals surface area contributed by atoms with Crippen LogP contribution in [0.3, 0.4) is 0 Å². The Hall–Kier alpha value is -1.96. The van der Waals surface area contributed by atoms with E-state index in [2.05, 4.69) is 18.5 Å². The molecular weight excluding hydrogens is 234 g/mol. The SMILES string of the molecule is C=Cc1cnc(C(=O)CCCCC)c2ccccc12. The summed E-state index contributed by atoms with van der Waals surface area (Å²) in [5.74, 6) is 0.139. The highest BCUT2D eigenvalue weighted by Gasteiger charge is 2.12. The Balaban J connectivity index is 2.39. The quantitative estimate of drug-likeness (QED) is 0.554. The van der Waals surface area contributed by atoms with Gasteiger partial charge in [0.05, 0.1) is 0 Å². The van der Waals surface area contributed by atoms with Gasteiger partial charge in [-0.2, -0.15) is 0 Å². The zero-order valence-electron chi connectivity index (χ0n) is 11.4. The third-order valence-electron chi connectivity index (χ3n) is 3.32. The third-order valence-corrected chi connectivity index (χ3v) is 3.32. The summed E-state index contributed by atoms with van der Waals surface area (Å²) in [4.78, 5) is 16.6. The van der Waals surface area contributed by atoms with Gasteiger partial charge in [0.25, 0.3) is 0 Å². The smallest absolute Gasteiger partial charge is 0.181 e. The second kappa shape index (κ2) is 6.28. The second-order valence-corrected chi connectivity index (χ2v) is 4.69. The van der Waals surface area contributed by atoms with E-state index in [1.165, 1.54) is 0 Å². The molecule has 0 aliphatic carbocycles. The zero-order valence-corrected chi connectivity index (χ0v) is 11.4. The molecule has 0 amide bonds. The number of hydrogen-bond acceptors (Lipinski definition) is 2. The molecule has 0 N–H and O–H groups in total. The predicted molar refractivity (Wildman–Crippen MR) is 80.3 cm³/mol. The Bertz CT molecular complexity index is 601. The van der Waals surface area contributed by atoms with Gasteiger partial charge in [0, 0.05) is 23.6 Å². The molecule has 2 nitrogen and oxygen atoms in total. The number of carbonyl (C=O) groups is 1. The first-order chi connectivity index (χ1) is 9.27. The van der Waals surface area contributed by atoms with Gasteiger partial charge in [0.15, 0.2) is 5.78 Å². The monoisotopic (exact) mass is 253 g/mol. The summed E-state index contributed by atoms with van der Waals surface area (Å²) < 4.78 is 0. The highest BCUT2D eigenvalue weighted by Crippen LogP contribution is 2.23. The van der Waals surface area contributed by atoms with E-state index in [0.29, 0.717) is 12.1 Å². The van der Waals surface area contributed by atoms with Crippen LogP contribution in [-0.2, 0) is 0 Å². The molecule has 0 atom stereocenters. The topological polar surface area (TPSA) is 30.0 Å². The van der Waals surface area contributed by atoms with E-state index in [1.807, 2.05) is 24.3 Å². The van der Waals surface area contributed by atoms with Crippen molar-refractivity contribution in [2.45, 2.75) is 32.6 Å². The highest BCUT2D eigenvalue weighted by molar-refractivity contribution is 6.07. The van der Waals surface area contributed by atoms with Crippen LogP contribution in [0.5, 0.6) is 0 Å². The Morgan fingerprint density at radius 2 is 2.00 bits per heavy atom. The van der Waals surface area contributed by atoms with E-state index in [9.17, 15) is 4.79 Å². The van der Waals surface area contributed by atoms with Crippen LogP contribution in [-0.4, -0.2) is 10.8 Å². The normalized spacial score (nSPS) is 10.6. The van der Waals surface area contributed by atoms with Gasteiger partial charge in [-0.15, -0.1) is 0 Å². The maximum absolute atomic E-state index is 12.2. The molecule has 1 heterocycles. The highest BCUT2D eigenvalue weighted by atomic mass is 16.1. The second-order valence-electron chi connectivity index (χ2n) is 4.69. The third kappa shape index (κ3) is 2.90. The van der Waals surface area contributed by atoms with Crippen molar-refractivity contribution in [1.82, 2.24) is 4.98 Å². The number of unbranched alkanes of at least 4 members (excludes halogenated alkanes) is 2. The molecule has 2 rings (SSSR count). The maximum Gasteiger partial charge on any atom is 0.181 e. The van der Waals surface area contributed by atoms with Gasteiger partial charge in [0.2, 0.25) is 0 Å². The summed E-state index contributed by atoms with van der Waals surface area (Å²) in [7, 11) is 0. The van der Waals surface area contributed by atoms with Gasteiger partial charge >= 0.3 is 0 Å². The van der Waals surface area contributed by atoms with E-state index < -0.39 is 0 Å². The lowest BCUT2D eigenvalue weighted by atomic mass is 10.0. The first-order valence-corrected chi connectivity index (χ1v) is 6.81. The largest absolute Gasteiger partial charge is 0.292 e. The van der Waals surface area contributed by atoms with Gasteiger partial charge in [-0.1, -0.05) is 56.7 Å². The van der Waals surface area contributed by atoms with Crippen molar-refractivity contribution in [2.75, 3.05) is 0 Å². The minimum atomic E-state index is 0.139. The number of rotatable bonds is 6. The van der Waals surface area contributed by atoms with Gasteiger partial charge in [-0.05, 0) is 11.8 Å². The first-order valence-electron chi connectivity index (χ1n) is 6.81. The van der Waals surface area contributed by atoms with E-state index >= 15 is 0 Å². The molecule has 0 saturated heterocycles. The summed E-state index contributed by atoms with van der Waals surface area (Å²) >= 11 is 0. The van der Waals surface area contributed by atoms with Gasteiger partial charge in [-0.3, -0.25) is 9.78 Å². The molecule has 1 aromatic heterocycles. The lowest BCUT2D eigenvalue weighted by Crippen LogP contribution is -2.03. The number of benzene rings is 1. The van der Waals surface area contributed by atoms with Gasteiger partial charge in [-0.25, -0.2) is 0 Å². The number of carbonyl (C=O) groups excluding carboxylic acids is 1. The van der Waals surface area contributed by atoms with Crippen LogP contribution >= 0.6 is 0 Å². The van der Waals surface area contributed by atoms with Crippen molar-refractivity contribution in [3.05, 3.63) is 48.3 Å². The average molecular weight is 253 g/mol. The Morgan fingerprint density at radius 1 is 1.26 bits per heavy atom. The number of Topliss-reactive ketones (excluding diaryl/α,β-unsaturated/α-hetero) is 1. The summed E-state index contributed by atoms with van der Waals surface area (Å²) in [6.45, 7) is 5.93. The Morgan fingerprint density at radius 3 is 2.68 bits per heavy atom. The molecule has 2 aromatic rings. The molecule has 0 aliphatic rings. The van der Waals surface area contributed by atoms with Crippen LogP contribution < -0.4 is 0 Å². The van der Waals surface area contributed by atoms with Crippen LogP contribution in [0.4, 0.5) is 0 Å². The molecule has 0 spiro atoms. The van der Waals surface area contributed by atoms with Crippen molar-refractivity contribution in [1.29, 1.82) is 0 Å². The van der Waals surface area contributed by atoms with Gasteiger partial charge in [0.1, 0.15) is 5.69 Å². The van der Waals surface area contributed by atoms with Crippen molar-refractivity contribution < 1.29 is 4.79 Å². The summed E-state index contributed by atoms with van der Waals surface area (Å²) in [6, 6.07) is 7.89. The summed E-state index contributed by atoms with van der Waals surface area (Å²) in [5, 5.41) is 1.98. The van der Waals surface area contributed by atoms with Crippen LogP contribution in [0.15, 0.2) is 37.0 Å². The zero-order chi connectivity index (χ0) is 13.7. The fraction of sp³-hybridized carbons (Fsp3) is 0.294. The Labute approximate surface area is 114 Å². The van der Waals surface area contributed by atoms with Crippen LogP contribution in [0.25, 0.3) is 16.8 Å². The van der Waals surface area contributed by atoms with Crippen molar-refractivity contribution in [2.24, 2.45) is 0 Å². The van der Waals surface area contributed by atoms with E-state index in [-0.39, 0.29) is 5.78 Å². The lowest BCUT2D eigenvalue weighted by molar-refractivity contribution is 0.0976. The predicted octanol–water partition coefficient (Wildman–Crippen LogP) is 4.64. The fourth-order valence-corrected chi connectivity index (χ4v) is 2.25. The van der Waals surface area contributed by atoms with Crippen molar-refractivity contribution >= 4 is 22.6 Å². The number of fused-ring (bicyclic) bond motifs is 1. The number of pyridine rings is 1. The van der Waals surface area contributed by atoms with E-state index in [0.717, 1.165) is 35.6 Å². The molecule has 0 radical (unpaired) electrons. The summed E-state index contributed by atoms with van der Waals surface area (Å²) in [5.41, 5.74) is 1.57. The lowest BCUT2D eigenvalue weighted by Gasteiger charge is -2.07. The standard InChI is InChI=1S/C17H19NO/c1-3-5-6-11-16(19)17-15-10-8-7-9-14(15)13(4-2)12-18-17/h4,7-10,12H,2-3,5-6,11H2,1H3. The summed E-state index contributed by atoms with van der Waals surface area (Å²) in [6.07, 6.45) is 7.25. The number of ketones is 1. The van der Waals surface area contributed by atoms with Gasteiger partial charge < -0.3 is 0 Å². The molecule has 98 valence electrons. The molecule has 0 aliphatic heterocycles. The van der Waals surface area contributed by atoms with Crippen LogP contribution in [0.1, 0.15) is 48.7 Å². The van der Waals surface area contributed by atoms with Crippen LogP contribution in [0, 0.1) is 0 Å². The minimum Gasteiger partial charge on any atom is -0.292 e. The average Bonchev–Trinajstić information content (AvgIpc) is 2.46. The molecule has 0 fully saturated rings. The number of hydrogen-bond donors (Lipinski definition) is 0. The minimum absolute atomic E-state index is 0.139. The van der Waals surface area contributed by atoms with E-state index in [1.54, 1.807) is 12.3 Å². The Kier molecular flexibility index (Phi) is 4.45. The number of aromatic nitrogens is 1. The molecule has 19 heavy (non-hydrogen) atoms. The molecular formula is C17H19NO. The van der Waals surface area contributed by atoms with Crippen LogP contribution in [0.2, 0.25) is 0 Å². The first kappa shape index (κ1) is 13.5. The number of nitrogens with zero attached hydrogens (tertiary/aromatic N) is 1. The van der Waals surface area contributed by atoms with E-state index in [4.69, 9.17) is 0 Å². The van der Waals surface area contributed by atoms with Crippen molar-refractivity contribution in [3.8, 4) is 0 Å². The molecule has 0 saturated carbocycles.